The van der Waals surface area contributed by atoms with Crippen molar-refractivity contribution in [2.45, 2.75) is 44.3 Å². The maximum absolute atomic E-state index is 13.7. The lowest BCUT2D eigenvalue weighted by Gasteiger charge is -2.27. The predicted molar refractivity (Wildman–Crippen MR) is 164 cm³/mol. The van der Waals surface area contributed by atoms with Gasteiger partial charge in [0, 0.05) is 54.4 Å². The molecule has 214 valence electrons. The van der Waals surface area contributed by atoms with E-state index in [0.717, 1.165) is 76.5 Å². The summed E-state index contributed by atoms with van der Waals surface area (Å²) in [5.74, 6) is 2.49. The number of hydrogen-bond acceptors (Lipinski definition) is 6. The molecule has 4 heterocycles. The summed E-state index contributed by atoms with van der Waals surface area (Å²) in [4.78, 5) is 25.9. The van der Waals surface area contributed by atoms with Gasteiger partial charge >= 0.3 is 0 Å². The van der Waals surface area contributed by atoms with Gasteiger partial charge in [-0.1, -0.05) is 12.1 Å². The van der Waals surface area contributed by atoms with Crippen LogP contribution < -0.4 is 16.2 Å². The molecular formula is C33H35N7O2. The van der Waals surface area contributed by atoms with Crippen LogP contribution in [-0.2, 0) is 13.6 Å². The van der Waals surface area contributed by atoms with E-state index in [9.17, 15) is 4.79 Å². The fourth-order valence-electron chi connectivity index (χ4n) is 7.18. The number of fused-ring (bicyclic) bond motifs is 4. The van der Waals surface area contributed by atoms with E-state index in [2.05, 4.69) is 27.3 Å². The van der Waals surface area contributed by atoms with Crippen molar-refractivity contribution in [3.8, 4) is 28.5 Å². The van der Waals surface area contributed by atoms with Crippen molar-refractivity contribution in [3.05, 3.63) is 60.2 Å². The Morgan fingerprint density at radius 3 is 2.62 bits per heavy atom. The zero-order valence-corrected chi connectivity index (χ0v) is 24.0. The number of nitrogens with two attached hydrogens (primary N) is 2. The van der Waals surface area contributed by atoms with Crippen LogP contribution >= 0.6 is 0 Å². The van der Waals surface area contributed by atoms with Gasteiger partial charge in [0.15, 0.2) is 5.82 Å². The Labute approximate surface area is 244 Å². The van der Waals surface area contributed by atoms with Gasteiger partial charge < -0.3 is 30.2 Å². The number of methoxy groups -OCH3 is 1. The summed E-state index contributed by atoms with van der Waals surface area (Å²) in [7, 11) is 3.66. The van der Waals surface area contributed by atoms with E-state index >= 15 is 0 Å². The highest BCUT2D eigenvalue weighted by atomic mass is 16.5. The highest BCUT2D eigenvalue weighted by Crippen LogP contribution is 2.40. The molecule has 3 fully saturated rings. The molecule has 42 heavy (non-hydrogen) atoms. The zero-order chi connectivity index (χ0) is 28.7. The topological polar surface area (TPSA) is 117 Å². The molecule has 0 radical (unpaired) electrons. The quantitative estimate of drug-likeness (QED) is 0.287. The third kappa shape index (κ3) is 3.90. The monoisotopic (exact) mass is 561 g/mol. The molecule has 9 heteroatoms. The van der Waals surface area contributed by atoms with Gasteiger partial charge in [0.05, 0.1) is 24.0 Å². The van der Waals surface area contributed by atoms with E-state index in [1.807, 2.05) is 48.3 Å². The van der Waals surface area contributed by atoms with Crippen LogP contribution in [0.25, 0.3) is 44.8 Å². The number of rotatable bonds is 6. The second-order valence-electron chi connectivity index (χ2n) is 12.3. The first-order valence-corrected chi connectivity index (χ1v) is 14.9. The molecule has 2 saturated carbocycles. The van der Waals surface area contributed by atoms with E-state index in [1.54, 1.807) is 7.11 Å². The number of benzene rings is 2. The van der Waals surface area contributed by atoms with Crippen molar-refractivity contribution in [1.82, 2.24) is 24.0 Å². The number of anilines is 1. The van der Waals surface area contributed by atoms with Gasteiger partial charge in [-0.3, -0.25) is 4.79 Å². The minimum atomic E-state index is 0.00572. The Bertz CT molecular complexity index is 1880. The molecule has 3 aromatic heterocycles. The van der Waals surface area contributed by atoms with Gasteiger partial charge in [0.1, 0.15) is 16.9 Å². The van der Waals surface area contributed by atoms with Crippen molar-refractivity contribution >= 4 is 33.7 Å². The maximum Gasteiger partial charge on any atom is 0.254 e. The zero-order valence-electron chi connectivity index (χ0n) is 24.0. The van der Waals surface area contributed by atoms with Crippen LogP contribution in [0.15, 0.2) is 54.6 Å². The Morgan fingerprint density at radius 1 is 1.05 bits per heavy atom. The van der Waals surface area contributed by atoms with Crippen LogP contribution in [0.4, 0.5) is 5.69 Å². The van der Waals surface area contributed by atoms with E-state index in [0.29, 0.717) is 23.1 Å². The molecule has 3 atom stereocenters. The number of amides is 1. The lowest BCUT2D eigenvalue weighted by atomic mass is 10.1. The molecule has 1 saturated heterocycles. The number of likely N-dealkylation sites (tertiary alicyclic amines) is 1. The summed E-state index contributed by atoms with van der Waals surface area (Å²) in [6, 6.07) is 18.1. The number of nitrogen functional groups attached to an aromatic ring is 1. The van der Waals surface area contributed by atoms with E-state index < -0.39 is 0 Å². The third-order valence-electron chi connectivity index (χ3n) is 9.61. The molecule has 5 aromatic rings. The first-order valence-electron chi connectivity index (χ1n) is 14.9. The Morgan fingerprint density at radius 2 is 1.90 bits per heavy atom. The van der Waals surface area contributed by atoms with Gasteiger partial charge in [-0.2, -0.15) is 0 Å². The standard InChI is InChI=1S/C33H35N7O2/c1-38-30-25(13-22(15-28(30)42-2)33(41)40-17-21-9-11-26(40)29(21)35)37-32(38)27-14-20-8-10-24(19-4-3-5-23(34)12-19)36-31(20)39(27)16-18-6-7-18/h3-5,8,10,12-15,18,21,26,29H,6-7,9,11,16-17,34-35H2,1-2H3/t21-,26-,29-/m1/s1. The average Bonchev–Trinajstić information content (AvgIpc) is 3.40. The predicted octanol–water partition coefficient (Wildman–Crippen LogP) is 4.82. The van der Waals surface area contributed by atoms with Gasteiger partial charge in [-0.05, 0) is 80.0 Å². The van der Waals surface area contributed by atoms with Gasteiger partial charge in [0.25, 0.3) is 5.91 Å². The molecule has 9 nitrogen and oxygen atoms in total. The largest absolute Gasteiger partial charge is 0.494 e. The highest BCUT2D eigenvalue weighted by molar-refractivity contribution is 6.00. The minimum absolute atomic E-state index is 0.00572. The summed E-state index contributed by atoms with van der Waals surface area (Å²) < 4.78 is 10.2. The third-order valence-corrected chi connectivity index (χ3v) is 9.61. The van der Waals surface area contributed by atoms with Gasteiger partial charge in [-0.15, -0.1) is 0 Å². The number of carbonyl (C=O) groups excluding carboxylic acids is 1. The number of carbonyl (C=O) groups is 1. The van der Waals surface area contributed by atoms with Gasteiger partial charge in [-0.25, -0.2) is 9.97 Å². The molecule has 3 aliphatic rings. The lowest BCUT2D eigenvalue weighted by Crippen LogP contribution is -2.41. The maximum atomic E-state index is 13.7. The average molecular weight is 562 g/mol. The first-order chi connectivity index (χ1) is 20.4. The van der Waals surface area contributed by atoms with Gasteiger partial charge in [0.2, 0.25) is 0 Å². The number of pyridine rings is 1. The van der Waals surface area contributed by atoms with Crippen LogP contribution in [0.3, 0.4) is 0 Å². The number of hydrogen-bond donors (Lipinski definition) is 2. The fraction of sp³-hybridized carbons (Fsp3) is 0.364. The number of imidazole rings is 1. The number of nitrogens with zero attached hydrogens (tertiary/aromatic N) is 5. The number of ether oxygens (including phenoxy) is 1. The van der Waals surface area contributed by atoms with Crippen LogP contribution in [0.5, 0.6) is 5.75 Å². The molecule has 0 spiro atoms. The Kier molecular flexibility index (Phi) is 5.63. The molecule has 2 bridgehead atoms. The number of aryl methyl sites for hydroxylation is 1. The molecule has 8 rings (SSSR count). The van der Waals surface area contributed by atoms with Crippen LogP contribution in [0, 0.1) is 11.8 Å². The molecule has 1 aliphatic heterocycles. The van der Waals surface area contributed by atoms with E-state index in [1.165, 1.54) is 12.8 Å². The van der Waals surface area contributed by atoms with Crippen molar-refractivity contribution < 1.29 is 9.53 Å². The minimum Gasteiger partial charge on any atom is -0.494 e. The lowest BCUT2D eigenvalue weighted by molar-refractivity contribution is 0.0700. The first kappa shape index (κ1) is 25.3. The molecule has 4 N–H and O–H groups in total. The van der Waals surface area contributed by atoms with Crippen molar-refractivity contribution in [1.29, 1.82) is 0 Å². The van der Waals surface area contributed by atoms with Crippen molar-refractivity contribution in [2.24, 2.45) is 24.6 Å². The summed E-state index contributed by atoms with van der Waals surface area (Å²) in [5, 5.41) is 1.06. The smallest absolute Gasteiger partial charge is 0.254 e. The summed E-state index contributed by atoms with van der Waals surface area (Å²) in [5.41, 5.74) is 19.2. The summed E-state index contributed by atoms with van der Waals surface area (Å²) >= 11 is 0. The molecule has 0 unspecified atom stereocenters. The van der Waals surface area contributed by atoms with Crippen LogP contribution in [0.2, 0.25) is 0 Å². The second kappa shape index (κ2) is 9.32. The molecular weight excluding hydrogens is 526 g/mol. The number of piperidine rings is 1. The fourth-order valence-corrected chi connectivity index (χ4v) is 7.18. The highest BCUT2D eigenvalue weighted by Gasteiger charge is 2.47. The molecule has 2 aliphatic carbocycles. The van der Waals surface area contributed by atoms with E-state index in [4.69, 9.17) is 26.2 Å². The summed E-state index contributed by atoms with van der Waals surface area (Å²) in [6.07, 6.45) is 4.52. The van der Waals surface area contributed by atoms with Crippen molar-refractivity contribution in [2.75, 3.05) is 19.4 Å². The molecule has 2 aromatic carbocycles. The van der Waals surface area contributed by atoms with Crippen molar-refractivity contribution in [3.63, 3.8) is 0 Å². The molecule has 1 amide bonds. The van der Waals surface area contributed by atoms with E-state index in [-0.39, 0.29) is 18.0 Å². The van der Waals surface area contributed by atoms with Crippen LogP contribution in [0.1, 0.15) is 36.0 Å². The Balaban J connectivity index is 1.25. The summed E-state index contributed by atoms with van der Waals surface area (Å²) in [6.45, 7) is 1.61. The second-order valence-corrected chi connectivity index (χ2v) is 12.3. The van der Waals surface area contributed by atoms with Crippen LogP contribution in [-0.4, -0.2) is 55.6 Å². The normalized spacial score (nSPS) is 21.6. The number of aromatic nitrogens is 4. The Hall–Kier alpha value is -4.37. The SMILES string of the molecule is COc1cc(C(=O)N2C[C@H]3CC[C@@H]2[C@@H]3N)cc2nc(-c3cc4ccc(-c5cccc(N)c5)nc4n3CC3CC3)n(C)c12.